The number of anilines is 1. The van der Waals surface area contributed by atoms with E-state index in [9.17, 15) is 5.26 Å². The summed E-state index contributed by atoms with van der Waals surface area (Å²) in [6.45, 7) is 0.683. The van der Waals surface area contributed by atoms with Gasteiger partial charge in [0.1, 0.15) is 16.7 Å². The highest BCUT2D eigenvalue weighted by Crippen LogP contribution is 2.28. The summed E-state index contributed by atoms with van der Waals surface area (Å²) in [7, 11) is 0. The van der Waals surface area contributed by atoms with Gasteiger partial charge in [-0.2, -0.15) is 5.26 Å². The molecule has 0 aliphatic rings. The predicted octanol–water partition coefficient (Wildman–Crippen LogP) is 4.86. The van der Waals surface area contributed by atoms with E-state index in [0.717, 1.165) is 16.5 Å². The SMILES string of the molecule is N#Cc1c(NCc2ccccc2)ccnc1SCc1ccccc1. The first-order valence-corrected chi connectivity index (χ1v) is 8.69. The molecule has 0 bridgehead atoms. The molecule has 0 unspecified atom stereocenters. The minimum atomic E-state index is 0.606. The van der Waals surface area contributed by atoms with E-state index >= 15 is 0 Å². The van der Waals surface area contributed by atoms with Gasteiger partial charge < -0.3 is 5.32 Å². The molecule has 0 saturated heterocycles. The van der Waals surface area contributed by atoms with Gasteiger partial charge in [0.25, 0.3) is 0 Å². The second-order valence-corrected chi connectivity index (χ2v) is 6.23. The number of pyridine rings is 1. The number of nitriles is 1. The Morgan fingerprint density at radius 3 is 2.25 bits per heavy atom. The van der Waals surface area contributed by atoms with E-state index in [1.807, 2.05) is 42.5 Å². The third-order valence-electron chi connectivity index (χ3n) is 3.57. The van der Waals surface area contributed by atoms with Crippen LogP contribution in [0.3, 0.4) is 0 Å². The van der Waals surface area contributed by atoms with Crippen LogP contribution in [0.1, 0.15) is 16.7 Å². The van der Waals surface area contributed by atoms with E-state index in [1.165, 1.54) is 11.1 Å². The van der Waals surface area contributed by atoms with Gasteiger partial charge in [0, 0.05) is 18.5 Å². The number of nitrogens with zero attached hydrogens (tertiary/aromatic N) is 2. The topological polar surface area (TPSA) is 48.7 Å². The lowest BCUT2D eigenvalue weighted by molar-refractivity contribution is 1.08. The average Bonchev–Trinajstić information content (AvgIpc) is 2.66. The van der Waals surface area contributed by atoms with Crippen LogP contribution in [0, 0.1) is 11.3 Å². The highest BCUT2D eigenvalue weighted by Gasteiger charge is 2.10. The monoisotopic (exact) mass is 331 g/mol. The van der Waals surface area contributed by atoms with Crippen LogP contribution in [0.4, 0.5) is 5.69 Å². The van der Waals surface area contributed by atoms with E-state index in [4.69, 9.17) is 0 Å². The number of benzene rings is 2. The highest BCUT2D eigenvalue weighted by atomic mass is 32.2. The quantitative estimate of drug-likeness (QED) is 0.655. The molecular formula is C20H17N3S. The molecular weight excluding hydrogens is 314 g/mol. The number of aromatic nitrogens is 1. The summed E-state index contributed by atoms with van der Waals surface area (Å²) in [6, 6.07) is 24.5. The maximum Gasteiger partial charge on any atom is 0.116 e. The molecule has 24 heavy (non-hydrogen) atoms. The van der Waals surface area contributed by atoms with Gasteiger partial charge in [-0.05, 0) is 17.2 Å². The van der Waals surface area contributed by atoms with Gasteiger partial charge in [-0.25, -0.2) is 4.98 Å². The standard InChI is InChI=1S/C20H17N3S/c21-13-18-19(23-14-16-7-3-1-4-8-16)11-12-22-20(18)24-15-17-9-5-2-6-10-17/h1-12H,14-15H2,(H,22,23). The maximum absolute atomic E-state index is 9.55. The Labute approximate surface area is 146 Å². The van der Waals surface area contributed by atoms with Crippen LogP contribution < -0.4 is 5.32 Å². The Bertz CT molecular complexity index is 765. The van der Waals surface area contributed by atoms with Gasteiger partial charge in [-0.1, -0.05) is 60.7 Å². The van der Waals surface area contributed by atoms with Crippen LogP contribution in [0.25, 0.3) is 0 Å². The van der Waals surface area contributed by atoms with Crippen LogP contribution >= 0.6 is 11.8 Å². The van der Waals surface area contributed by atoms with E-state index in [0.29, 0.717) is 12.1 Å². The van der Waals surface area contributed by atoms with E-state index in [2.05, 4.69) is 40.6 Å². The van der Waals surface area contributed by atoms with Crippen molar-refractivity contribution in [1.82, 2.24) is 4.98 Å². The molecule has 0 fully saturated rings. The summed E-state index contributed by atoms with van der Waals surface area (Å²) in [5.41, 5.74) is 3.83. The fourth-order valence-electron chi connectivity index (χ4n) is 2.33. The molecule has 3 rings (SSSR count). The van der Waals surface area contributed by atoms with Gasteiger partial charge in [0.05, 0.1) is 5.69 Å². The zero-order valence-electron chi connectivity index (χ0n) is 13.1. The molecule has 4 heteroatoms. The lowest BCUT2D eigenvalue weighted by Crippen LogP contribution is -2.02. The first-order chi connectivity index (χ1) is 11.9. The molecule has 3 nitrogen and oxygen atoms in total. The van der Waals surface area contributed by atoms with Gasteiger partial charge >= 0.3 is 0 Å². The lowest BCUT2D eigenvalue weighted by atomic mass is 10.2. The van der Waals surface area contributed by atoms with Crippen molar-refractivity contribution in [3.63, 3.8) is 0 Å². The van der Waals surface area contributed by atoms with Crippen LogP contribution in [0.15, 0.2) is 78.0 Å². The maximum atomic E-state index is 9.55. The third-order valence-corrected chi connectivity index (χ3v) is 4.63. The number of hydrogen-bond donors (Lipinski definition) is 1. The summed E-state index contributed by atoms with van der Waals surface area (Å²) < 4.78 is 0. The van der Waals surface area contributed by atoms with Crippen molar-refractivity contribution in [2.24, 2.45) is 0 Å². The molecule has 3 aromatic rings. The zero-order valence-corrected chi connectivity index (χ0v) is 14.0. The highest BCUT2D eigenvalue weighted by molar-refractivity contribution is 7.98. The average molecular weight is 331 g/mol. The Balaban J connectivity index is 1.72. The number of hydrogen-bond acceptors (Lipinski definition) is 4. The second kappa shape index (κ2) is 8.19. The largest absolute Gasteiger partial charge is 0.380 e. The molecule has 0 amide bonds. The Hall–Kier alpha value is -2.77. The Kier molecular flexibility index (Phi) is 5.49. The van der Waals surface area contributed by atoms with Gasteiger partial charge in [0.2, 0.25) is 0 Å². The van der Waals surface area contributed by atoms with Crippen molar-refractivity contribution in [3.8, 4) is 6.07 Å². The van der Waals surface area contributed by atoms with E-state index in [-0.39, 0.29) is 0 Å². The van der Waals surface area contributed by atoms with E-state index in [1.54, 1.807) is 18.0 Å². The van der Waals surface area contributed by atoms with Crippen LogP contribution in [0.2, 0.25) is 0 Å². The third kappa shape index (κ3) is 4.15. The first kappa shape index (κ1) is 16.1. The first-order valence-electron chi connectivity index (χ1n) is 7.70. The fourth-order valence-corrected chi connectivity index (χ4v) is 3.26. The smallest absolute Gasteiger partial charge is 0.116 e. The van der Waals surface area contributed by atoms with Crippen LogP contribution in [0.5, 0.6) is 0 Å². The number of rotatable bonds is 6. The van der Waals surface area contributed by atoms with Gasteiger partial charge in [0.15, 0.2) is 0 Å². The molecule has 0 atom stereocenters. The summed E-state index contributed by atoms with van der Waals surface area (Å²) in [5, 5.41) is 13.7. The Morgan fingerprint density at radius 1 is 0.917 bits per heavy atom. The van der Waals surface area contributed by atoms with Crippen molar-refractivity contribution < 1.29 is 0 Å². The molecule has 2 aromatic carbocycles. The normalized spacial score (nSPS) is 10.1. The molecule has 0 radical (unpaired) electrons. The summed E-state index contributed by atoms with van der Waals surface area (Å²) in [4.78, 5) is 4.38. The molecule has 0 aliphatic carbocycles. The van der Waals surface area contributed by atoms with Crippen molar-refractivity contribution in [3.05, 3.63) is 89.6 Å². The molecule has 1 N–H and O–H groups in total. The van der Waals surface area contributed by atoms with Crippen LogP contribution in [-0.4, -0.2) is 4.98 Å². The number of nitrogens with one attached hydrogen (secondary N) is 1. The summed E-state index contributed by atoms with van der Waals surface area (Å²) in [6.07, 6.45) is 1.75. The second-order valence-electron chi connectivity index (χ2n) is 5.26. The predicted molar refractivity (Wildman–Crippen MR) is 98.7 cm³/mol. The summed E-state index contributed by atoms with van der Waals surface area (Å²) in [5.74, 6) is 0.796. The molecule has 0 saturated carbocycles. The minimum absolute atomic E-state index is 0.606. The number of thioether (sulfide) groups is 1. The van der Waals surface area contributed by atoms with E-state index < -0.39 is 0 Å². The minimum Gasteiger partial charge on any atom is -0.380 e. The lowest BCUT2D eigenvalue weighted by Gasteiger charge is -2.11. The summed E-state index contributed by atoms with van der Waals surface area (Å²) >= 11 is 1.59. The van der Waals surface area contributed by atoms with Crippen LogP contribution in [-0.2, 0) is 12.3 Å². The molecule has 118 valence electrons. The van der Waals surface area contributed by atoms with Crippen molar-refractivity contribution in [2.45, 2.75) is 17.3 Å². The fraction of sp³-hybridized carbons (Fsp3) is 0.100. The van der Waals surface area contributed by atoms with Crippen molar-refractivity contribution >= 4 is 17.4 Å². The molecule has 1 aromatic heterocycles. The molecule has 0 aliphatic heterocycles. The zero-order chi connectivity index (χ0) is 16.6. The van der Waals surface area contributed by atoms with Gasteiger partial charge in [-0.15, -0.1) is 11.8 Å². The molecule has 1 heterocycles. The van der Waals surface area contributed by atoms with Crippen molar-refractivity contribution in [1.29, 1.82) is 5.26 Å². The van der Waals surface area contributed by atoms with Crippen molar-refractivity contribution in [2.75, 3.05) is 5.32 Å². The molecule has 0 spiro atoms. The van der Waals surface area contributed by atoms with Gasteiger partial charge in [-0.3, -0.25) is 0 Å². The Morgan fingerprint density at radius 2 is 1.58 bits per heavy atom.